The van der Waals surface area contributed by atoms with Crippen LogP contribution in [0.4, 0.5) is 0 Å². The van der Waals surface area contributed by atoms with Gasteiger partial charge in [-0.1, -0.05) is 6.07 Å². The zero-order valence-corrected chi connectivity index (χ0v) is 8.74. The summed E-state index contributed by atoms with van der Waals surface area (Å²) in [5.41, 5.74) is 1.25. The SMILES string of the molecule is Cc1ccc(I)c2cnncc12. The number of nitrogens with zero attached hydrogens (tertiary/aromatic N) is 2. The molecule has 2 rings (SSSR count). The lowest BCUT2D eigenvalue weighted by Gasteiger charge is -2.01. The van der Waals surface area contributed by atoms with E-state index in [2.05, 4.69) is 51.8 Å². The number of benzene rings is 1. The molecule has 0 aliphatic heterocycles. The summed E-state index contributed by atoms with van der Waals surface area (Å²) in [7, 11) is 0. The molecule has 0 unspecified atom stereocenters. The van der Waals surface area contributed by atoms with Gasteiger partial charge in [-0.25, -0.2) is 0 Å². The summed E-state index contributed by atoms with van der Waals surface area (Å²) < 4.78 is 1.23. The molecule has 60 valence electrons. The van der Waals surface area contributed by atoms with Gasteiger partial charge in [0.15, 0.2) is 0 Å². The van der Waals surface area contributed by atoms with E-state index >= 15 is 0 Å². The highest BCUT2D eigenvalue weighted by molar-refractivity contribution is 14.1. The first kappa shape index (κ1) is 7.91. The number of aryl methyl sites for hydroxylation is 1. The first-order chi connectivity index (χ1) is 5.79. The van der Waals surface area contributed by atoms with Gasteiger partial charge in [0.25, 0.3) is 0 Å². The van der Waals surface area contributed by atoms with E-state index in [4.69, 9.17) is 0 Å². The summed E-state index contributed by atoms with van der Waals surface area (Å²) in [5.74, 6) is 0. The van der Waals surface area contributed by atoms with Crippen molar-refractivity contribution in [3.8, 4) is 0 Å². The summed E-state index contributed by atoms with van der Waals surface area (Å²) in [4.78, 5) is 0. The van der Waals surface area contributed by atoms with Gasteiger partial charge in [-0.3, -0.25) is 0 Å². The Kier molecular flexibility index (Phi) is 1.96. The summed E-state index contributed by atoms with van der Waals surface area (Å²) in [6.45, 7) is 2.08. The van der Waals surface area contributed by atoms with Gasteiger partial charge in [0.1, 0.15) is 0 Å². The van der Waals surface area contributed by atoms with Crippen molar-refractivity contribution in [1.82, 2.24) is 10.2 Å². The molecular weight excluding hydrogens is 263 g/mol. The molecule has 12 heavy (non-hydrogen) atoms. The average Bonchev–Trinajstić information content (AvgIpc) is 2.12. The first-order valence-electron chi connectivity index (χ1n) is 3.64. The molecule has 1 aromatic carbocycles. The molecule has 0 aliphatic carbocycles. The van der Waals surface area contributed by atoms with Crippen LogP contribution in [0.5, 0.6) is 0 Å². The van der Waals surface area contributed by atoms with E-state index in [1.807, 2.05) is 12.4 Å². The highest BCUT2D eigenvalue weighted by Gasteiger charge is 2.00. The maximum Gasteiger partial charge on any atom is 0.0585 e. The van der Waals surface area contributed by atoms with E-state index in [1.165, 1.54) is 19.9 Å². The fourth-order valence-electron chi connectivity index (χ4n) is 1.20. The second-order valence-corrected chi connectivity index (χ2v) is 3.84. The average molecular weight is 270 g/mol. The van der Waals surface area contributed by atoms with E-state index < -0.39 is 0 Å². The largest absolute Gasteiger partial charge is 0.158 e. The monoisotopic (exact) mass is 270 g/mol. The molecule has 3 heteroatoms. The van der Waals surface area contributed by atoms with Crippen LogP contribution in [0.15, 0.2) is 24.5 Å². The quantitative estimate of drug-likeness (QED) is 0.687. The minimum Gasteiger partial charge on any atom is -0.158 e. The second kappa shape index (κ2) is 2.97. The normalized spacial score (nSPS) is 10.5. The molecule has 2 aromatic rings. The van der Waals surface area contributed by atoms with Crippen LogP contribution in [0.1, 0.15) is 5.56 Å². The van der Waals surface area contributed by atoms with Crippen molar-refractivity contribution in [2.75, 3.05) is 0 Å². The molecule has 2 nitrogen and oxygen atoms in total. The van der Waals surface area contributed by atoms with Crippen molar-refractivity contribution in [1.29, 1.82) is 0 Å². The van der Waals surface area contributed by atoms with Crippen LogP contribution in [-0.4, -0.2) is 10.2 Å². The molecule has 0 atom stereocenters. The highest BCUT2D eigenvalue weighted by Crippen LogP contribution is 2.21. The van der Waals surface area contributed by atoms with Crippen molar-refractivity contribution in [3.63, 3.8) is 0 Å². The van der Waals surface area contributed by atoms with Gasteiger partial charge in [0, 0.05) is 14.3 Å². The Morgan fingerprint density at radius 2 is 1.75 bits per heavy atom. The zero-order chi connectivity index (χ0) is 8.55. The maximum absolute atomic E-state index is 3.86. The van der Waals surface area contributed by atoms with Crippen molar-refractivity contribution in [2.24, 2.45) is 0 Å². The predicted molar refractivity (Wildman–Crippen MR) is 57.0 cm³/mol. The standard InChI is InChI=1S/C9H7IN2/c1-6-2-3-9(10)8-5-12-11-4-7(6)8/h2-5H,1H3. The lowest BCUT2D eigenvalue weighted by molar-refractivity contribution is 1.05. The van der Waals surface area contributed by atoms with Gasteiger partial charge in [0.2, 0.25) is 0 Å². The predicted octanol–water partition coefficient (Wildman–Crippen LogP) is 2.54. The molecule has 0 N–H and O–H groups in total. The molecule has 0 radical (unpaired) electrons. The number of fused-ring (bicyclic) bond motifs is 1. The van der Waals surface area contributed by atoms with Gasteiger partial charge in [-0.15, -0.1) is 0 Å². The molecule has 0 fully saturated rings. The minimum absolute atomic E-state index is 1.19. The Morgan fingerprint density at radius 3 is 2.42 bits per heavy atom. The van der Waals surface area contributed by atoms with E-state index in [-0.39, 0.29) is 0 Å². The Labute approximate surface area is 84.1 Å². The third-order valence-corrected chi connectivity index (χ3v) is 2.83. The van der Waals surface area contributed by atoms with Crippen LogP contribution in [0.2, 0.25) is 0 Å². The second-order valence-electron chi connectivity index (χ2n) is 2.68. The fourth-order valence-corrected chi connectivity index (χ4v) is 1.81. The van der Waals surface area contributed by atoms with E-state index in [9.17, 15) is 0 Å². The smallest absolute Gasteiger partial charge is 0.0585 e. The third-order valence-electron chi connectivity index (χ3n) is 1.89. The fraction of sp³-hybridized carbons (Fsp3) is 0.111. The number of hydrogen-bond donors (Lipinski definition) is 0. The molecule has 0 saturated carbocycles. The summed E-state index contributed by atoms with van der Waals surface area (Å²) in [6, 6.07) is 4.20. The number of aromatic nitrogens is 2. The topological polar surface area (TPSA) is 25.8 Å². The Hall–Kier alpha value is -0.710. The Balaban J connectivity index is 2.95. The number of hydrogen-bond acceptors (Lipinski definition) is 2. The van der Waals surface area contributed by atoms with Crippen LogP contribution in [0.25, 0.3) is 10.8 Å². The lowest BCUT2D eigenvalue weighted by atomic mass is 10.1. The van der Waals surface area contributed by atoms with Crippen molar-refractivity contribution >= 4 is 33.4 Å². The van der Waals surface area contributed by atoms with Crippen LogP contribution in [0.3, 0.4) is 0 Å². The Morgan fingerprint density at radius 1 is 1.08 bits per heavy atom. The third kappa shape index (κ3) is 1.18. The van der Waals surface area contributed by atoms with Gasteiger partial charge >= 0.3 is 0 Å². The molecule has 0 aliphatic rings. The summed E-state index contributed by atoms with van der Waals surface area (Å²) >= 11 is 2.31. The molecule has 0 saturated heterocycles. The molecule has 1 heterocycles. The Bertz CT molecular complexity index is 385. The van der Waals surface area contributed by atoms with Crippen LogP contribution >= 0.6 is 22.6 Å². The number of halogens is 1. The van der Waals surface area contributed by atoms with Crippen LogP contribution in [0, 0.1) is 10.5 Å². The van der Waals surface area contributed by atoms with Gasteiger partial charge in [0.05, 0.1) is 12.4 Å². The first-order valence-corrected chi connectivity index (χ1v) is 4.72. The molecule has 0 spiro atoms. The molecule has 0 amide bonds. The maximum atomic E-state index is 3.86. The van der Waals surface area contributed by atoms with E-state index in [0.29, 0.717) is 0 Å². The van der Waals surface area contributed by atoms with Crippen LogP contribution < -0.4 is 0 Å². The highest BCUT2D eigenvalue weighted by atomic mass is 127. The lowest BCUT2D eigenvalue weighted by Crippen LogP contribution is -1.85. The van der Waals surface area contributed by atoms with Gasteiger partial charge < -0.3 is 0 Å². The minimum atomic E-state index is 1.19. The summed E-state index contributed by atoms with van der Waals surface area (Å²) in [6.07, 6.45) is 3.62. The molecule has 1 aromatic heterocycles. The van der Waals surface area contributed by atoms with Crippen molar-refractivity contribution in [2.45, 2.75) is 6.92 Å². The van der Waals surface area contributed by atoms with E-state index in [0.717, 1.165) is 0 Å². The van der Waals surface area contributed by atoms with E-state index in [1.54, 1.807) is 0 Å². The van der Waals surface area contributed by atoms with Crippen molar-refractivity contribution in [3.05, 3.63) is 33.7 Å². The molecular formula is C9H7IN2. The van der Waals surface area contributed by atoms with Gasteiger partial charge in [-0.05, 0) is 41.1 Å². The van der Waals surface area contributed by atoms with Crippen molar-refractivity contribution < 1.29 is 0 Å². The molecule has 0 bridgehead atoms. The zero-order valence-electron chi connectivity index (χ0n) is 6.58. The number of rotatable bonds is 0. The van der Waals surface area contributed by atoms with Crippen LogP contribution in [-0.2, 0) is 0 Å². The summed E-state index contributed by atoms with van der Waals surface area (Å²) in [5, 5.41) is 10.1. The van der Waals surface area contributed by atoms with Gasteiger partial charge in [-0.2, -0.15) is 10.2 Å².